The van der Waals surface area contributed by atoms with Crippen molar-refractivity contribution in [1.82, 2.24) is 9.80 Å². The fourth-order valence-corrected chi connectivity index (χ4v) is 4.21. The monoisotopic (exact) mass is 506 g/mol. The van der Waals surface area contributed by atoms with E-state index in [9.17, 15) is 4.79 Å². The topological polar surface area (TPSA) is 92.1 Å². The normalized spacial score (nSPS) is 24.2. The smallest absolute Gasteiger partial charge is 0.336 e. The van der Waals surface area contributed by atoms with Gasteiger partial charge in [0.25, 0.3) is 0 Å². The summed E-state index contributed by atoms with van der Waals surface area (Å²) in [5, 5.41) is 0.829. The van der Waals surface area contributed by atoms with Crippen molar-refractivity contribution in [2.75, 3.05) is 105 Å². The van der Waals surface area contributed by atoms with Crippen LogP contribution in [-0.4, -0.2) is 115 Å². The molecule has 2 aromatic rings. The highest BCUT2D eigenvalue weighted by molar-refractivity contribution is 5.83. The maximum atomic E-state index is 11.9. The molecule has 1 fully saturated rings. The molecular formula is C26H38N2O8. The Morgan fingerprint density at radius 3 is 1.53 bits per heavy atom. The van der Waals surface area contributed by atoms with Gasteiger partial charge in [-0.2, -0.15) is 0 Å². The molecule has 0 saturated carbocycles. The number of fused-ring (bicyclic) bond motifs is 19. The minimum atomic E-state index is -0.381. The molecule has 2 bridgehead atoms. The van der Waals surface area contributed by atoms with Gasteiger partial charge >= 0.3 is 5.63 Å². The van der Waals surface area contributed by atoms with E-state index in [-0.39, 0.29) is 5.63 Å². The van der Waals surface area contributed by atoms with E-state index in [1.54, 1.807) is 6.07 Å². The first kappa shape index (κ1) is 26.8. The van der Waals surface area contributed by atoms with Gasteiger partial charge in [0, 0.05) is 56.8 Å². The number of rotatable bonds is 0. The summed E-state index contributed by atoms with van der Waals surface area (Å²) in [6.45, 7) is 11.9. The number of aryl methyl sites for hydroxylation is 1. The van der Waals surface area contributed by atoms with Gasteiger partial charge in [0.05, 0.1) is 52.9 Å². The molecular weight excluding hydrogens is 468 g/mol. The summed E-state index contributed by atoms with van der Waals surface area (Å²) in [4.78, 5) is 16.4. The van der Waals surface area contributed by atoms with E-state index >= 15 is 0 Å². The molecule has 36 heavy (non-hydrogen) atoms. The van der Waals surface area contributed by atoms with Gasteiger partial charge in [-0.15, -0.1) is 0 Å². The number of hydrogen-bond donors (Lipinski definition) is 0. The summed E-state index contributed by atoms with van der Waals surface area (Å²) in [5.74, 6) is 1.19. The Kier molecular flexibility index (Phi) is 10.8. The van der Waals surface area contributed by atoms with Crippen LogP contribution in [0.3, 0.4) is 0 Å². The lowest BCUT2D eigenvalue weighted by Gasteiger charge is -2.25. The van der Waals surface area contributed by atoms with Gasteiger partial charge in [-0.05, 0) is 18.6 Å². The van der Waals surface area contributed by atoms with E-state index in [4.69, 9.17) is 32.8 Å². The Bertz CT molecular complexity index is 978. The molecule has 10 nitrogen and oxygen atoms in total. The Labute approximate surface area is 211 Å². The van der Waals surface area contributed by atoms with Crippen LogP contribution in [0.15, 0.2) is 27.4 Å². The molecule has 0 amide bonds. The number of benzene rings is 1. The van der Waals surface area contributed by atoms with Gasteiger partial charge in [-0.3, -0.25) is 9.80 Å². The molecule has 1 saturated heterocycles. The maximum absolute atomic E-state index is 11.9. The zero-order valence-electron chi connectivity index (χ0n) is 21.2. The highest BCUT2D eigenvalue weighted by Crippen LogP contribution is 2.33. The van der Waals surface area contributed by atoms with E-state index in [0.717, 1.165) is 37.1 Å². The molecule has 0 aliphatic carbocycles. The van der Waals surface area contributed by atoms with Crippen molar-refractivity contribution < 1.29 is 32.8 Å². The number of nitrogens with zero attached hydrogens (tertiary/aromatic N) is 2. The molecule has 10 heteroatoms. The van der Waals surface area contributed by atoms with Gasteiger partial charge in [0.1, 0.15) is 18.8 Å². The minimum Gasteiger partial charge on any atom is -0.488 e. The molecule has 3 aliphatic heterocycles. The summed E-state index contributed by atoms with van der Waals surface area (Å²) in [5.41, 5.74) is 0.943. The fraction of sp³-hybridized carbons (Fsp3) is 0.654. The second-order valence-corrected chi connectivity index (χ2v) is 8.87. The molecule has 5 rings (SSSR count). The fourth-order valence-electron chi connectivity index (χ4n) is 4.21. The first-order chi connectivity index (χ1) is 17.7. The Balaban J connectivity index is 1.58. The summed E-state index contributed by atoms with van der Waals surface area (Å²) in [6.07, 6.45) is 0. The molecule has 0 unspecified atom stereocenters. The maximum Gasteiger partial charge on any atom is 0.336 e. The van der Waals surface area contributed by atoms with Gasteiger partial charge < -0.3 is 32.8 Å². The molecule has 0 N–H and O–H groups in total. The van der Waals surface area contributed by atoms with E-state index in [0.29, 0.717) is 96.2 Å². The lowest BCUT2D eigenvalue weighted by molar-refractivity contribution is 0.00506. The van der Waals surface area contributed by atoms with Crippen LogP contribution in [0.4, 0.5) is 0 Å². The van der Waals surface area contributed by atoms with E-state index in [1.165, 1.54) is 6.07 Å². The predicted octanol–water partition coefficient (Wildman–Crippen LogP) is 1.56. The van der Waals surface area contributed by atoms with Crippen LogP contribution in [0.5, 0.6) is 11.5 Å². The van der Waals surface area contributed by atoms with Gasteiger partial charge in [-0.1, -0.05) is 0 Å². The van der Waals surface area contributed by atoms with Crippen molar-refractivity contribution in [1.29, 1.82) is 0 Å². The first-order valence-corrected chi connectivity index (χ1v) is 12.8. The van der Waals surface area contributed by atoms with Crippen molar-refractivity contribution in [3.63, 3.8) is 0 Å². The Morgan fingerprint density at radius 1 is 0.583 bits per heavy atom. The molecule has 1 aromatic carbocycles. The van der Waals surface area contributed by atoms with Crippen molar-refractivity contribution in [2.45, 2.75) is 6.92 Å². The standard InChI is InChI=1S/C26H38N2O8/c1-21-18-26(29)36-23-20-25-24(19-22(21)23)34-12-6-27-2-8-30-14-16-32-10-4-28(7-13-35-25)5-11-33-17-15-31-9-3-27/h18-20H,2-17H2,1H3. The third-order valence-electron chi connectivity index (χ3n) is 6.30. The van der Waals surface area contributed by atoms with Crippen LogP contribution in [0, 0.1) is 6.92 Å². The van der Waals surface area contributed by atoms with Crippen LogP contribution >= 0.6 is 0 Å². The summed E-state index contributed by atoms with van der Waals surface area (Å²) in [6, 6.07) is 5.14. The lowest BCUT2D eigenvalue weighted by atomic mass is 10.1. The van der Waals surface area contributed by atoms with Crippen molar-refractivity contribution >= 4 is 11.0 Å². The second kappa shape index (κ2) is 14.5. The molecule has 4 heterocycles. The van der Waals surface area contributed by atoms with Crippen LogP contribution in [0.1, 0.15) is 5.56 Å². The average Bonchev–Trinajstić information content (AvgIpc) is 2.85. The third kappa shape index (κ3) is 8.43. The van der Waals surface area contributed by atoms with Crippen LogP contribution < -0.4 is 15.1 Å². The summed E-state index contributed by atoms with van der Waals surface area (Å²) in [7, 11) is 0. The highest BCUT2D eigenvalue weighted by Gasteiger charge is 2.15. The van der Waals surface area contributed by atoms with Crippen LogP contribution in [0.2, 0.25) is 0 Å². The van der Waals surface area contributed by atoms with Crippen molar-refractivity contribution in [2.24, 2.45) is 0 Å². The lowest BCUT2D eigenvalue weighted by Crippen LogP contribution is -2.36. The van der Waals surface area contributed by atoms with Crippen molar-refractivity contribution in [3.05, 3.63) is 34.2 Å². The van der Waals surface area contributed by atoms with Crippen molar-refractivity contribution in [3.8, 4) is 11.5 Å². The average molecular weight is 507 g/mol. The zero-order chi connectivity index (χ0) is 25.0. The summed E-state index contributed by atoms with van der Waals surface area (Å²) < 4.78 is 41.0. The first-order valence-electron chi connectivity index (χ1n) is 12.8. The largest absolute Gasteiger partial charge is 0.488 e. The summed E-state index contributed by atoms with van der Waals surface area (Å²) >= 11 is 0. The van der Waals surface area contributed by atoms with Gasteiger partial charge in [0.15, 0.2) is 11.5 Å². The number of ether oxygens (including phenoxy) is 6. The Morgan fingerprint density at radius 2 is 1.03 bits per heavy atom. The molecule has 0 radical (unpaired) electrons. The predicted molar refractivity (Wildman–Crippen MR) is 134 cm³/mol. The second-order valence-electron chi connectivity index (χ2n) is 8.87. The molecule has 3 aliphatic rings. The van der Waals surface area contributed by atoms with E-state index < -0.39 is 0 Å². The molecule has 0 spiro atoms. The van der Waals surface area contributed by atoms with Gasteiger partial charge in [0.2, 0.25) is 0 Å². The third-order valence-corrected chi connectivity index (χ3v) is 6.30. The molecule has 1 aromatic heterocycles. The molecule has 200 valence electrons. The SMILES string of the molecule is Cc1cc(=O)oc2cc3c(cc12)OCCN1CCOCCOCCN(CCOCCOCC1)CCO3. The van der Waals surface area contributed by atoms with Gasteiger partial charge in [-0.25, -0.2) is 4.79 Å². The van der Waals surface area contributed by atoms with E-state index in [2.05, 4.69) is 9.80 Å². The Hall–Kier alpha value is -2.21. The van der Waals surface area contributed by atoms with Crippen LogP contribution in [0.25, 0.3) is 11.0 Å². The quantitative estimate of drug-likeness (QED) is 0.490. The minimum absolute atomic E-state index is 0.381. The van der Waals surface area contributed by atoms with E-state index in [1.807, 2.05) is 13.0 Å². The zero-order valence-corrected chi connectivity index (χ0v) is 21.2. The van der Waals surface area contributed by atoms with Crippen LogP contribution in [-0.2, 0) is 18.9 Å². The highest BCUT2D eigenvalue weighted by atomic mass is 16.5. The number of hydrogen-bond acceptors (Lipinski definition) is 10. The molecule has 0 atom stereocenters.